The number of benzene rings is 2. The Morgan fingerprint density at radius 2 is 1.96 bits per heavy atom. The van der Waals surface area contributed by atoms with Gasteiger partial charge >= 0.3 is 0 Å². The largest absolute Gasteiger partial charge is 0.487 e. The van der Waals surface area contributed by atoms with Crippen LogP contribution in [0.3, 0.4) is 0 Å². The molecule has 1 aliphatic carbocycles. The maximum atomic E-state index is 6.50. The van der Waals surface area contributed by atoms with E-state index in [1.165, 1.54) is 6.42 Å². The highest BCUT2D eigenvalue weighted by Crippen LogP contribution is 2.46. The van der Waals surface area contributed by atoms with Gasteiger partial charge in [-0.3, -0.25) is 0 Å². The third-order valence-electron chi connectivity index (χ3n) is 5.79. The van der Waals surface area contributed by atoms with Gasteiger partial charge < -0.3 is 14.3 Å². The van der Waals surface area contributed by atoms with Gasteiger partial charge in [0.05, 0.1) is 12.2 Å². The molecular formula is C22H27N2O3+. The second-order valence-corrected chi connectivity index (χ2v) is 7.49. The second-order valence-electron chi connectivity index (χ2n) is 7.49. The van der Waals surface area contributed by atoms with Crippen molar-refractivity contribution in [1.29, 1.82) is 0 Å². The van der Waals surface area contributed by atoms with Gasteiger partial charge in [-0.1, -0.05) is 31.2 Å². The number of fused-ring (bicyclic) bond motifs is 1. The van der Waals surface area contributed by atoms with Crippen molar-refractivity contribution in [2.24, 2.45) is 5.92 Å². The fourth-order valence-corrected chi connectivity index (χ4v) is 3.64. The number of hydrogen-bond acceptors (Lipinski definition) is 4. The van der Waals surface area contributed by atoms with E-state index < -0.39 is 0 Å². The molecule has 0 radical (unpaired) electrons. The number of rotatable bonds is 6. The van der Waals surface area contributed by atoms with Crippen molar-refractivity contribution in [3.8, 4) is 11.5 Å². The molecule has 1 aliphatic heterocycles. The summed E-state index contributed by atoms with van der Waals surface area (Å²) < 4.78 is 13.1. The molecule has 142 valence electrons. The van der Waals surface area contributed by atoms with Gasteiger partial charge in [-0.15, -0.1) is 0 Å². The highest BCUT2D eigenvalue weighted by Gasteiger charge is 2.53. The van der Waals surface area contributed by atoms with Gasteiger partial charge in [-0.2, -0.15) is 0 Å². The number of nitrogens with zero attached hydrogens (tertiary/aromatic N) is 2. The summed E-state index contributed by atoms with van der Waals surface area (Å²) in [5.41, 5.74) is 2.01. The third-order valence-corrected chi connectivity index (χ3v) is 5.79. The first-order valence-electron chi connectivity index (χ1n) is 9.55. The lowest BCUT2D eigenvalue weighted by Gasteiger charge is -2.48. The van der Waals surface area contributed by atoms with Crippen molar-refractivity contribution >= 4 is 11.9 Å². The fraction of sp³-hybridized carbons (Fsp3) is 0.409. The van der Waals surface area contributed by atoms with Crippen LogP contribution in [0.15, 0.2) is 48.5 Å². The molecule has 0 N–H and O–H groups in total. The normalized spacial score (nSPS) is 23.7. The van der Waals surface area contributed by atoms with Crippen LogP contribution in [-0.2, 0) is 4.74 Å². The van der Waals surface area contributed by atoms with Crippen LogP contribution in [0.1, 0.15) is 32.3 Å². The van der Waals surface area contributed by atoms with E-state index in [1.807, 2.05) is 35.5 Å². The van der Waals surface area contributed by atoms with Crippen LogP contribution in [0.25, 0.3) is 0 Å². The molecule has 4 rings (SSSR count). The van der Waals surface area contributed by atoms with E-state index in [1.54, 1.807) is 7.11 Å². The second kappa shape index (κ2) is 7.24. The first-order chi connectivity index (χ1) is 13.1. The lowest BCUT2D eigenvalue weighted by atomic mass is 9.69. The zero-order valence-electron chi connectivity index (χ0n) is 16.2. The van der Waals surface area contributed by atoms with Crippen molar-refractivity contribution in [2.75, 3.05) is 20.3 Å². The Bertz CT molecular complexity index is 837. The van der Waals surface area contributed by atoms with E-state index in [9.17, 15) is 0 Å². The van der Waals surface area contributed by atoms with E-state index in [0.717, 1.165) is 29.2 Å². The van der Waals surface area contributed by atoms with Gasteiger partial charge in [0, 0.05) is 24.4 Å². The molecular weight excluding hydrogens is 340 g/mol. The number of hydrazine groups is 1. The molecule has 5 nitrogen and oxygen atoms in total. The van der Waals surface area contributed by atoms with Crippen molar-refractivity contribution < 1.29 is 19.0 Å². The molecule has 2 aromatic rings. The van der Waals surface area contributed by atoms with Crippen molar-refractivity contribution in [2.45, 2.75) is 32.2 Å². The van der Waals surface area contributed by atoms with Crippen LogP contribution < -0.4 is 9.57 Å². The van der Waals surface area contributed by atoms with Crippen LogP contribution in [-0.4, -0.2) is 41.9 Å². The van der Waals surface area contributed by atoms with E-state index in [4.69, 9.17) is 14.3 Å². The summed E-state index contributed by atoms with van der Waals surface area (Å²) >= 11 is 0. The van der Waals surface area contributed by atoms with Crippen molar-refractivity contribution in [3.05, 3.63) is 54.1 Å². The summed E-state index contributed by atoms with van der Waals surface area (Å²) in [4.78, 5) is 6.50. The van der Waals surface area contributed by atoms with Crippen LogP contribution in [0.2, 0.25) is 0 Å². The average Bonchev–Trinajstić information content (AvgIpc) is 2.72. The first-order valence-corrected chi connectivity index (χ1v) is 9.55. The molecule has 2 unspecified atom stereocenters. The predicted octanol–water partition coefficient (Wildman–Crippen LogP) is 4.19. The summed E-state index contributed by atoms with van der Waals surface area (Å²) in [6.07, 6.45) is 4.43. The minimum Gasteiger partial charge on any atom is -0.487 e. The van der Waals surface area contributed by atoms with Gasteiger partial charge in [-0.25, -0.2) is 0 Å². The van der Waals surface area contributed by atoms with Crippen molar-refractivity contribution in [1.82, 2.24) is 5.17 Å². The monoisotopic (exact) mass is 367 g/mol. The minimum absolute atomic E-state index is 0.0658. The third kappa shape index (κ3) is 3.16. The molecule has 0 spiro atoms. The Morgan fingerprint density at radius 3 is 2.63 bits per heavy atom. The molecule has 2 atom stereocenters. The van der Waals surface area contributed by atoms with Gasteiger partial charge in [-0.05, 0) is 42.5 Å². The van der Waals surface area contributed by atoms with Gasteiger partial charge in [0.1, 0.15) is 12.1 Å². The Labute approximate surface area is 160 Å². The van der Waals surface area contributed by atoms with Gasteiger partial charge in [0.2, 0.25) is 17.7 Å². The molecule has 0 bridgehead atoms. The lowest BCUT2D eigenvalue weighted by Crippen LogP contribution is -2.62. The molecule has 1 saturated carbocycles. The predicted molar refractivity (Wildman–Crippen MR) is 105 cm³/mol. The van der Waals surface area contributed by atoms with E-state index in [2.05, 4.69) is 42.9 Å². The number of ether oxygens (including phenoxy) is 2. The Hall–Kier alpha value is -2.53. The van der Waals surface area contributed by atoms with Gasteiger partial charge in [0.25, 0.3) is 0 Å². The van der Waals surface area contributed by atoms with Gasteiger partial charge in [0.15, 0.2) is 5.75 Å². The van der Waals surface area contributed by atoms with Crippen LogP contribution in [0, 0.1) is 5.92 Å². The summed E-state index contributed by atoms with van der Waals surface area (Å²) in [6, 6.07) is 16.3. The Balaban J connectivity index is 1.76. The minimum atomic E-state index is -0.0658. The summed E-state index contributed by atoms with van der Waals surface area (Å²) in [7, 11) is 1.67. The summed E-state index contributed by atoms with van der Waals surface area (Å²) in [5.74, 6) is 2.05. The van der Waals surface area contributed by atoms with E-state index in [0.29, 0.717) is 19.1 Å². The zero-order valence-corrected chi connectivity index (χ0v) is 16.2. The number of hydrazone groups is 1. The Morgan fingerprint density at radius 1 is 1.15 bits per heavy atom. The molecule has 0 saturated heterocycles. The van der Waals surface area contributed by atoms with Crippen molar-refractivity contribution in [3.63, 3.8) is 0 Å². The van der Waals surface area contributed by atoms with Crippen LogP contribution in [0.4, 0.5) is 5.69 Å². The molecule has 2 aromatic carbocycles. The SMILES string of the molecule is COCCOc1cccc2c1ON(C1(C)CCC1C)[N+](c1ccccc1)=C2. The maximum absolute atomic E-state index is 6.50. The number of para-hydroxylation sites is 2. The topological polar surface area (TPSA) is 33.9 Å². The number of hydroxylamine groups is 1. The van der Waals surface area contributed by atoms with E-state index >= 15 is 0 Å². The number of hydrogen-bond donors (Lipinski definition) is 0. The molecule has 5 heteroatoms. The smallest absolute Gasteiger partial charge is 0.238 e. The summed E-state index contributed by atoms with van der Waals surface area (Å²) in [6.45, 7) is 5.59. The fourth-order valence-electron chi connectivity index (χ4n) is 3.64. The Kier molecular flexibility index (Phi) is 4.79. The highest BCUT2D eigenvalue weighted by atomic mass is 16.7. The molecule has 27 heavy (non-hydrogen) atoms. The summed E-state index contributed by atoms with van der Waals surface area (Å²) in [5, 5.41) is 2.03. The average molecular weight is 367 g/mol. The molecule has 0 amide bonds. The maximum Gasteiger partial charge on any atom is 0.238 e. The quantitative estimate of drug-likeness (QED) is 0.566. The molecule has 1 fully saturated rings. The van der Waals surface area contributed by atoms with Crippen LogP contribution >= 0.6 is 0 Å². The van der Waals surface area contributed by atoms with E-state index in [-0.39, 0.29) is 5.54 Å². The zero-order chi connectivity index (χ0) is 18.9. The van der Waals surface area contributed by atoms with Crippen LogP contribution in [0.5, 0.6) is 11.5 Å². The first kappa shape index (κ1) is 17.9. The molecule has 0 aromatic heterocycles. The standard InChI is InChI=1S/C22H27N2O3/c1-17-12-13-22(17,2)24-23(19-9-5-4-6-10-19)16-18-8-7-11-20(21(18)27-24)26-15-14-25-3/h4-11,16-17H,12-15H2,1-3H3/q+1. The lowest BCUT2D eigenvalue weighted by molar-refractivity contribution is -0.717. The number of methoxy groups -OCH3 is 1. The molecule has 2 aliphatic rings. The molecule has 1 heterocycles. The highest BCUT2D eigenvalue weighted by molar-refractivity contribution is 5.83.